The minimum absolute atomic E-state index is 0.0434. The number of amides is 1. The van der Waals surface area contributed by atoms with Crippen LogP contribution in [0.3, 0.4) is 0 Å². The summed E-state index contributed by atoms with van der Waals surface area (Å²) >= 11 is 6.38. The first-order chi connectivity index (χ1) is 12.9. The van der Waals surface area contributed by atoms with Crippen molar-refractivity contribution in [2.24, 2.45) is 5.92 Å². The summed E-state index contributed by atoms with van der Waals surface area (Å²) in [5, 5.41) is 3.43. The van der Waals surface area contributed by atoms with Crippen molar-refractivity contribution in [3.8, 4) is 0 Å². The molecule has 0 bridgehead atoms. The van der Waals surface area contributed by atoms with Gasteiger partial charge in [0.15, 0.2) is 0 Å². The molecule has 0 radical (unpaired) electrons. The molecule has 1 saturated heterocycles. The first kappa shape index (κ1) is 18.7. The molecule has 1 saturated carbocycles. The Morgan fingerprint density at radius 3 is 2.81 bits per heavy atom. The molecule has 4 nitrogen and oxygen atoms in total. The molecule has 2 fully saturated rings. The van der Waals surface area contributed by atoms with Crippen LogP contribution in [0, 0.1) is 5.92 Å². The molecule has 2 aliphatic rings. The third kappa shape index (κ3) is 3.83. The van der Waals surface area contributed by atoms with Gasteiger partial charge in [-0.15, -0.1) is 0 Å². The average molecular weight is 397 g/mol. The predicted octanol–water partition coefficient (Wildman–Crippen LogP) is 5.00. The van der Waals surface area contributed by atoms with E-state index in [1.165, 1.54) is 0 Å². The highest BCUT2D eigenvalue weighted by Gasteiger charge is 2.35. The van der Waals surface area contributed by atoms with Crippen LogP contribution in [0.25, 0.3) is 5.52 Å². The van der Waals surface area contributed by atoms with Crippen molar-refractivity contribution >= 4 is 23.0 Å². The van der Waals surface area contributed by atoms with Gasteiger partial charge in [0.1, 0.15) is 0 Å². The largest absolute Gasteiger partial charge is 0.372 e. The minimum Gasteiger partial charge on any atom is -0.372 e. The number of alkyl halides is 2. The van der Waals surface area contributed by atoms with Crippen molar-refractivity contribution in [2.75, 3.05) is 13.2 Å². The first-order valence-electron chi connectivity index (χ1n) is 9.52. The van der Waals surface area contributed by atoms with Crippen LogP contribution in [0.15, 0.2) is 24.4 Å². The van der Waals surface area contributed by atoms with E-state index in [1.807, 2.05) is 22.7 Å². The summed E-state index contributed by atoms with van der Waals surface area (Å²) in [6.07, 6.45) is 4.42. The van der Waals surface area contributed by atoms with E-state index >= 15 is 0 Å². The highest BCUT2D eigenvalue weighted by atomic mass is 35.5. The van der Waals surface area contributed by atoms with Crippen LogP contribution in [0.5, 0.6) is 0 Å². The van der Waals surface area contributed by atoms with E-state index in [0.29, 0.717) is 42.1 Å². The van der Waals surface area contributed by atoms with Gasteiger partial charge in [-0.3, -0.25) is 4.79 Å². The molecule has 0 spiro atoms. The lowest BCUT2D eigenvalue weighted by Gasteiger charge is -2.28. The van der Waals surface area contributed by atoms with E-state index in [9.17, 15) is 13.6 Å². The quantitative estimate of drug-likeness (QED) is 0.790. The van der Waals surface area contributed by atoms with Crippen molar-refractivity contribution in [1.29, 1.82) is 0 Å². The van der Waals surface area contributed by atoms with Gasteiger partial charge >= 0.3 is 0 Å². The van der Waals surface area contributed by atoms with Crippen molar-refractivity contribution in [1.82, 2.24) is 9.72 Å². The van der Waals surface area contributed by atoms with Crippen LogP contribution in [0.2, 0.25) is 5.02 Å². The second kappa shape index (κ2) is 7.40. The lowest BCUT2D eigenvalue weighted by atomic mass is 9.87. The molecule has 1 unspecified atom stereocenters. The molecule has 1 aliphatic carbocycles. The van der Waals surface area contributed by atoms with Gasteiger partial charge in [-0.05, 0) is 49.8 Å². The van der Waals surface area contributed by atoms with Crippen LogP contribution < -0.4 is 5.32 Å². The van der Waals surface area contributed by atoms with Crippen LogP contribution in [0.1, 0.15) is 60.7 Å². The topological polar surface area (TPSA) is 42.7 Å². The SMILES string of the molecule is O=C(NCC1CCC(F)(F)CC1)c1cc(C2CCCO2)n2cccc(Cl)c12. The summed E-state index contributed by atoms with van der Waals surface area (Å²) < 4.78 is 34.3. The molecule has 4 rings (SSSR count). The molecular formula is C20H23ClF2N2O2. The first-order valence-corrected chi connectivity index (χ1v) is 9.89. The number of pyridine rings is 1. The van der Waals surface area contributed by atoms with Crippen molar-refractivity contribution in [3.63, 3.8) is 0 Å². The van der Waals surface area contributed by atoms with Crippen LogP contribution in [-0.4, -0.2) is 29.4 Å². The van der Waals surface area contributed by atoms with Crippen LogP contribution in [0.4, 0.5) is 8.78 Å². The highest BCUT2D eigenvalue weighted by Crippen LogP contribution is 2.36. The third-order valence-electron chi connectivity index (χ3n) is 5.66. The van der Waals surface area contributed by atoms with E-state index in [-0.39, 0.29) is 30.8 Å². The van der Waals surface area contributed by atoms with E-state index in [0.717, 1.165) is 18.5 Å². The van der Waals surface area contributed by atoms with Gasteiger partial charge in [0.2, 0.25) is 5.92 Å². The van der Waals surface area contributed by atoms with E-state index in [1.54, 1.807) is 6.07 Å². The predicted molar refractivity (Wildman–Crippen MR) is 99.6 cm³/mol. The molecule has 1 amide bonds. The lowest BCUT2D eigenvalue weighted by molar-refractivity contribution is -0.0452. The number of nitrogens with one attached hydrogen (secondary N) is 1. The Labute approximate surface area is 161 Å². The molecule has 2 aromatic rings. The Morgan fingerprint density at radius 1 is 1.33 bits per heavy atom. The van der Waals surface area contributed by atoms with Gasteiger partial charge in [0.05, 0.1) is 27.9 Å². The number of hydrogen-bond acceptors (Lipinski definition) is 2. The maximum absolute atomic E-state index is 13.3. The number of ether oxygens (including phenoxy) is 1. The minimum atomic E-state index is -2.55. The Hall–Kier alpha value is -1.66. The van der Waals surface area contributed by atoms with Crippen LogP contribution in [-0.2, 0) is 4.74 Å². The molecule has 1 atom stereocenters. The summed E-state index contributed by atoms with van der Waals surface area (Å²) in [5.41, 5.74) is 2.09. The van der Waals surface area contributed by atoms with Gasteiger partial charge in [0.25, 0.3) is 5.91 Å². The average Bonchev–Trinajstić information content (AvgIpc) is 3.28. The Balaban J connectivity index is 1.53. The van der Waals surface area contributed by atoms with Gasteiger partial charge < -0.3 is 14.5 Å². The normalized spacial score (nSPS) is 23.0. The lowest BCUT2D eigenvalue weighted by Crippen LogP contribution is -2.33. The fourth-order valence-corrected chi connectivity index (χ4v) is 4.38. The van der Waals surface area contributed by atoms with Gasteiger partial charge in [0, 0.05) is 32.2 Å². The smallest absolute Gasteiger partial charge is 0.253 e. The van der Waals surface area contributed by atoms with E-state index in [4.69, 9.17) is 16.3 Å². The van der Waals surface area contributed by atoms with Gasteiger partial charge in [-0.2, -0.15) is 0 Å². The molecular weight excluding hydrogens is 374 g/mol. The van der Waals surface area contributed by atoms with Crippen molar-refractivity contribution < 1.29 is 18.3 Å². The summed E-state index contributed by atoms with van der Waals surface area (Å²) in [6, 6.07) is 5.45. The molecule has 2 aromatic heterocycles. The van der Waals surface area contributed by atoms with Crippen molar-refractivity contribution in [3.05, 3.63) is 40.7 Å². The number of aromatic nitrogens is 1. The molecule has 7 heteroatoms. The summed E-state index contributed by atoms with van der Waals surface area (Å²) in [4.78, 5) is 12.8. The molecule has 3 heterocycles. The zero-order valence-electron chi connectivity index (χ0n) is 15.0. The number of fused-ring (bicyclic) bond motifs is 1. The Morgan fingerprint density at radius 2 is 2.11 bits per heavy atom. The maximum Gasteiger partial charge on any atom is 0.253 e. The summed E-state index contributed by atoms with van der Waals surface area (Å²) in [5.74, 6) is -2.68. The van der Waals surface area contributed by atoms with E-state index < -0.39 is 5.92 Å². The monoisotopic (exact) mass is 396 g/mol. The number of carbonyl (C=O) groups excluding carboxylic acids is 1. The molecule has 27 heavy (non-hydrogen) atoms. The third-order valence-corrected chi connectivity index (χ3v) is 5.97. The number of rotatable bonds is 4. The Bertz CT molecular complexity index is 836. The maximum atomic E-state index is 13.3. The molecule has 1 aliphatic heterocycles. The zero-order chi connectivity index (χ0) is 19.0. The number of nitrogens with zero attached hydrogens (tertiary/aromatic N) is 1. The summed E-state index contributed by atoms with van der Waals surface area (Å²) in [6.45, 7) is 1.12. The standard InChI is InChI=1S/C20H23ClF2N2O2/c21-15-3-1-9-25-16(17-4-2-10-27-17)11-14(18(15)25)19(26)24-12-13-5-7-20(22,23)8-6-13/h1,3,9,11,13,17H,2,4-8,10,12H2,(H,24,26). The molecule has 1 N–H and O–H groups in total. The van der Waals surface area contributed by atoms with Gasteiger partial charge in [-0.1, -0.05) is 11.6 Å². The van der Waals surface area contributed by atoms with Crippen LogP contribution >= 0.6 is 11.6 Å². The number of halogens is 3. The van der Waals surface area contributed by atoms with E-state index in [2.05, 4.69) is 5.32 Å². The Kier molecular flexibility index (Phi) is 5.12. The fourth-order valence-electron chi connectivity index (χ4n) is 4.11. The second-order valence-electron chi connectivity index (χ2n) is 7.57. The number of carbonyl (C=O) groups is 1. The highest BCUT2D eigenvalue weighted by molar-refractivity contribution is 6.34. The molecule has 146 valence electrons. The molecule has 0 aromatic carbocycles. The fraction of sp³-hybridized carbons (Fsp3) is 0.550. The van der Waals surface area contributed by atoms with Crippen molar-refractivity contribution in [2.45, 2.75) is 50.6 Å². The van der Waals surface area contributed by atoms with Gasteiger partial charge in [-0.25, -0.2) is 8.78 Å². The number of hydrogen-bond donors (Lipinski definition) is 1. The zero-order valence-corrected chi connectivity index (χ0v) is 15.8. The summed E-state index contributed by atoms with van der Waals surface area (Å²) in [7, 11) is 0. The second-order valence-corrected chi connectivity index (χ2v) is 7.98.